The van der Waals surface area contributed by atoms with Crippen LogP contribution in [0.4, 0.5) is 0 Å². The van der Waals surface area contributed by atoms with Crippen LogP contribution < -0.4 is 20.1 Å². The van der Waals surface area contributed by atoms with Gasteiger partial charge < -0.3 is 30.0 Å². The lowest BCUT2D eigenvalue weighted by atomic mass is 10.1. The van der Waals surface area contributed by atoms with Gasteiger partial charge in [-0.15, -0.1) is 12.4 Å². The van der Waals surface area contributed by atoms with E-state index in [-0.39, 0.29) is 31.4 Å². The second-order valence-corrected chi connectivity index (χ2v) is 4.64. The van der Waals surface area contributed by atoms with Crippen molar-refractivity contribution in [1.82, 2.24) is 10.6 Å². The lowest BCUT2D eigenvalue weighted by Crippen LogP contribution is -2.37. The predicted molar refractivity (Wildman–Crippen MR) is 89.5 cm³/mol. The zero-order chi connectivity index (χ0) is 16.4. The molecule has 1 aromatic rings. The molecule has 1 atom stereocenters. The summed E-state index contributed by atoms with van der Waals surface area (Å²) >= 11 is 0. The van der Waals surface area contributed by atoms with Crippen LogP contribution in [0.3, 0.4) is 0 Å². The van der Waals surface area contributed by atoms with E-state index in [1.807, 2.05) is 0 Å². The molecular weight excluding hydrogens is 324 g/mol. The summed E-state index contributed by atoms with van der Waals surface area (Å²) in [5, 5.41) is 15.7. The number of aliphatic hydroxyl groups is 1. The summed E-state index contributed by atoms with van der Waals surface area (Å²) < 4.78 is 15.2. The summed E-state index contributed by atoms with van der Waals surface area (Å²) in [6, 6.07) is 5.13. The fourth-order valence-electron chi connectivity index (χ4n) is 1.79. The molecule has 0 spiro atoms. The fraction of sp³-hybridized carbons (Fsp3) is 0.533. The summed E-state index contributed by atoms with van der Waals surface area (Å²) in [7, 11) is 4.68. The molecule has 1 amide bonds. The highest BCUT2D eigenvalue weighted by Gasteiger charge is 2.12. The molecule has 7 nitrogen and oxygen atoms in total. The summed E-state index contributed by atoms with van der Waals surface area (Å²) in [5.74, 6) is 0.979. The zero-order valence-corrected chi connectivity index (χ0v) is 14.4. The molecule has 1 unspecified atom stereocenters. The second kappa shape index (κ2) is 12.0. The smallest absolute Gasteiger partial charge is 0.234 e. The van der Waals surface area contributed by atoms with Gasteiger partial charge in [0.1, 0.15) is 11.5 Å². The van der Waals surface area contributed by atoms with Crippen LogP contribution in [0, 0.1) is 0 Å². The van der Waals surface area contributed by atoms with E-state index in [0.29, 0.717) is 30.2 Å². The maximum Gasteiger partial charge on any atom is 0.234 e. The summed E-state index contributed by atoms with van der Waals surface area (Å²) in [4.78, 5) is 11.6. The van der Waals surface area contributed by atoms with Crippen LogP contribution in [0.2, 0.25) is 0 Å². The Kier molecular flexibility index (Phi) is 11.2. The Morgan fingerprint density at radius 1 is 1.17 bits per heavy atom. The van der Waals surface area contributed by atoms with Crippen LogP contribution in [-0.2, 0) is 9.53 Å². The average Bonchev–Trinajstić information content (AvgIpc) is 2.55. The highest BCUT2D eigenvalue weighted by Crippen LogP contribution is 2.26. The third-order valence-corrected chi connectivity index (χ3v) is 3.02. The van der Waals surface area contributed by atoms with E-state index >= 15 is 0 Å². The van der Waals surface area contributed by atoms with Crippen LogP contribution in [0.15, 0.2) is 18.2 Å². The highest BCUT2D eigenvalue weighted by molar-refractivity contribution is 5.85. The maximum atomic E-state index is 11.6. The van der Waals surface area contributed by atoms with Gasteiger partial charge >= 0.3 is 0 Å². The standard InChI is InChI=1S/C15H24N2O5.ClH/c1-20-5-4-16-10-15(19)17-9-14(18)11-6-12(21-2)8-13(7-11)22-3;/h6-8,14,16,18H,4-5,9-10H2,1-3H3,(H,17,19);1H. The molecular formula is C15H25ClN2O5. The summed E-state index contributed by atoms with van der Waals surface area (Å²) in [6.45, 7) is 1.43. The van der Waals surface area contributed by atoms with Crippen LogP contribution in [0.1, 0.15) is 11.7 Å². The third kappa shape index (κ3) is 8.03. The van der Waals surface area contributed by atoms with E-state index < -0.39 is 6.10 Å². The van der Waals surface area contributed by atoms with Crippen molar-refractivity contribution >= 4 is 18.3 Å². The second-order valence-electron chi connectivity index (χ2n) is 4.64. The van der Waals surface area contributed by atoms with E-state index in [1.54, 1.807) is 39.5 Å². The minimum atomic E-state index is -0.841. The van der Waals surface area contributed by atoms with E-state index in [2.05, 4.69) is 10.6 Å². The van der Waals surface area contributed by atoms with E-state index in [1.165, 1.54) is 0 Å². The first-order valence-electron chi connectivity index (χ1n) is 6.98. The number of ether oxygens (including phenoxy) is 3. The Hall–Kier alpha value is -1.54. The van der Waals surface area contributed by atoms with Crippen molar-refractivity contribution in [3.05, 3.63) is 23.8 Å². The number of carbonyl (C=O) groups excluding carboxylic acids is 1. The van der Waals surface area contributed by atoms with Crippen molar-refractivity contribution < 1.29 is 24.1 Å². The number of rotatable bonds is 10. The molecule has 132 valence electrons. The Labute approximate surface area is 142 Å². The van der Waals surface area contributed by atoms with Crippen molar-refractivity contribution in [2.45, 2.75) is 6.10 Å². The molecule has 0 aromatic heterocycles. The van der Waals surface area contributed by atoms with Gasteiger partial charge in [-0.3, -0.25) is 4.79 Å². The first-order chi connectivity index (χ1) is 10.6. The molecule has 0 saturated carbocycles. The Balaban J connectivity index is 0.00000484. The van der Waals surface area contributed by atoms with Gasteiger partial charge in [-0.1, -0.05) is 0 Å². The number of amides is 1. The van der Waals surface area contributed by atoms with E-state index in [9.17, 15) is 9.90 Å². The van der Waals surface area contributed by atoms with Crippen LogP contribution in [-0.4, -0.2) is 58.6 Å². The molecule has 0 radical (unpaired) electrons. The molecule has 0 saturated heterocycles. The van der Waals surface area contributed by atoms with Gasteiger partial charge in [-0.2, -0.15) is 0 Å². The molecule has 0 heterocycles. The maximum absolute atomic E-state index is 11.6. The van der Waals surface area contributed by atoms with Crippen molar-refractivity contribution in [2.24, 2.45) is 0 Å². The average molecular weight is 349 g/mol. The Morgan fingerprint density at radius 2 is 1.78 bits per heavy atom. The van der Waals surface area contributed by atoms with E-state index in [4.69, 9.17) is 14.2 Å². The molecule has 8 heteroatoms. The van der Waals surface area contributed by atoms with Gasteiger partial charge in [0.05, 0.1) is 33.5 Å². The number of carbonyl (C=O) groups is 1. The lowest BCUT2D eigenvalue weighted by Gasteiger charge is -2.15. The quantitative estimate of drug-likeness (QED) is 0.534. The van der Waals surface area contributed by atoms with Crippen molar-refractivity contribution in [1.29, 1.82) is 0 Å². The minimum absolute atomic E-state index is 0. The lowest BCUT2D eigenvalue weighted by molar-refractivity contribution is -0.120. The van der Waals surface area contributed by atoms with Gasteiger partial charge in [0.15, 0.2) is 0 Å². The van der Waals surface area contributed by atoms with Crippen LogP contribution >= 0.6 is 12.4 Å². The number of benzene rings is 1. The zero-order valence-electron chi connectivity index (χ0n) is 13.6. The van der Waals surface area contributed by atoms with E-state index in [0.717, 1.165) is 0 Å². The topological polar surface area (TPSA) is 89.1 Å². The van der Waals surface area contributed by atoms with Gasteiger partial charge in [0, 0.05) is 26.3 Å². The van der Waals surface area contributed by atoms with Gasteiger partial charge in [-0.05, 0) is 17.7 Å². The van der Waals surface area contributed by atoms with Crippen molar-refractivity contribution in [2.75, 3.05) is 47.6 Å². The Morgan fingerprint density at radius 3 is 2.30 bits per heavy atom. The Bertz CT molecular complexity index is 451. The van der Waals surface area contributed by atoms with Crippen LogP contribution in [0.5, 0.6) is 11.5 Å². The third-order valence-electron chi connectivity index (χ3n) is 3.02. The fourth-order valence-corrected chi connectivity index (χ4v) is 1.79. The SMILES string of the molecule is COCCNCC(=O)NCC(O)c1cc(OC)cc(OC)c1.Cl. The first kappa shape index (κ1) is 21.5. The monoisotopic (exact) mass is 348 g/mol. The van der Waals surface area contributed by atoms with Crippen LogP contribution in [0.25, 0.3) is 0 Å². The number of aliphatic hydroxyl groups excluding tert-OH is 1. The van der Waals surface area contributed by atoms with Gasteiger partial charge in [-0.25, -0.2) is 0 Å². The number of hydrogen-bond donors (Lipinski definition) is 3. The largest absolute Gasteiger partial charge is 0.497 e. The molecule has 3 N–H and O–H groups in total. The molecule has 0 aliphatic heterocycles. The summed E-state index contributed by atoms with van der Waals surface area (Å²) in [5.41, 5.74) is 0.615. The number of methoxy groups -OCH3 is 3. The normalized spacial score (nSPS) is 11.3. The minimum Gasteiger partial charge on any atom is -0.497 e. The predicted octanol–water partition coefficient (Wildman–Crippen LogP) is 0.511. The highest BCUT2D eigenvalue weighted by atomic mass is 35.5. The molecule has 0 bridgehead atoms. The molecule has 0 fully saturated rings. The number of halogens is 1. The van der Waals surface area contributed by atoms with Gasteiger partial charge in [0.25, 0.3) is 0 Å². The summed E-state index contributed by atoms with van der Waals surface area (Å²) in [6.07, 6.45) is -0.841. The molecule has 23 heavy (non-hydrogen) atoms. The van der Waals surface area contributed by atoms with Gasteiger partial charge in [0.2, 0.25) is 5.91 Å². The molecule has 1 rings (SSSR count). The van der Waals surface area contributed by atoms with Crippen molar-refractivity contribution in [3.63, 3.8) is 0 Å². The number of nitrogens with one attached hydrogen (secondary N) is 2. The molecule has 1 aromatic carbocycles. The first-order valence-corrected chi connectivity index (χ1v) is 6.98. The van der Waals surface area contributed by atoms with Crippen molar-refractivity contribution in [3.8, 4) is 11.5 Å². The number of hydrogen-bond acceptors (Lipinski definition) is 6. The molecule has 0 aliphatic rings. The molecule has 0 aliphatic carbocycles.